The number of benzene rings is 1. The molecule has 0 radical (unpaired) electrons. The molecule has 4 rings (SSSR count). The van der Waals surface area contributed by atoms with Gasteiger partial charge >= 0.3 is 0 Å². The number of thiophene rings is 1. The third-order valence-corrected chi connectivity index (χ3v) is 10.3. The highest BCUT2D eigenvalue weighted by atomic mass is 35.5. The van der Waals surface area contributed by atoms with Crippen molar-refractivity contribution in [2.45, 2.75) is 30.9 Å². The van der Waals surface area contributed by atoms with E-state index in [-0.39, 0.29) is 16.7 Å². The zero-order chi connectivity index (χ0) is 21.6. The number of halogens is 1. The lowest BCUT2D eigenvalue weighted by Crippen LogP contribution is -2.42. The first kappa shape index (κ1) is 21.7. The molecule has 2 aromatic heterocycles. The molecular weight excluding hydrogens is 462 g/mol. The second kappa shape index (κ2) is 8.20. The highest BCUT2D eigenvalue weighted by Crippen LogP contribution is 2.31. The zero-order valence-electron chi connectivity index (χ0n) is 16.9. The summed E-state index contributed by atoms with van der Waals surface area (Å²) in [5, 5.41) is 0. The second-order valence-electron chi connectivity index (χ2n) is 7.53. The molecule has 3 aromatic rings. The first-order valence-electron chi connectivity index (χ1n) is 9.58. The van der Waals surface area contributed by atoms with Gasteiger partial charge in [0.1, 0.15) is 4.21 Å². The maximum atomic E-state index is 13.0. The van der Waals surface area contributed by atoms with Gasteiger partial charge in [-0.3, -0.25) is 4.79 Å². The lowest BCUT2D eigenvalue weighted by Gasteiger charge is -2.29. The summed E-state index contributed by atoms with van der Waals surface area (Å²) in [5.74, 6) is -0.715. The molecular formula is C20H22ClN3O3S3. The van der Waals surface area contributed by atoms with E-state index in [9.17, 15) is 13.2 Å². The van der Waals surface area contributed by atoms with Crippen LogP contribution < -0.4 is 4.80 Å². The van der Waals surface area contributed by atoms with Gasteiger partial charge < -0.3 is 4.57 Å². The molecule has 1 aliphatic rings. The smallest absolute Gasteiger partial charge is 0.252 e. The van der Waals surface area contributed by atoms with Crippen LogP contribution in [0.5, 0.6) is 0 Å². The molecule has 1 atom stereocenters. The highest BCUT2D eigenvalue weighted by molar-refractivity contribution is 7.91. The Morgan fingerprint density at radius 1 is 1.17 bits per heavy atom. The molecule has 1 saturated heterocycles. The third kappa shape index (κ3) is 3.89. The Morgan fingerprint density at radius 2 is 1.90 bits per heavy atom. The molecule has 1 amide bonds. The van der Waals surface area contributed by atoms with E-state index in [4.69, 9.17) is 11.6 Å². The van der Waals surface area contributed by atoms with Crippen molar-refractivity contribution in [3.8, 4) is 0 Å². The van der Waals surface area contributed by atoms with Gasteiger partial charge in [-0.25, -0.2) is 8.42 Å². The van der Waals surface area contributed by atoms with E-state index >= 15 is 0 Å². The summed E-state index contributed by atoms with van der Waals surface area (Å²) in [6.07, 6.45) is 1.26. The fraction of sp³-hybridized carbons (Fsp3) is 0.400. The summed E-state index contributed by atoms with van der Waals surface area (Å²) in [6, 6.07) is 7.23. The van der Waals surface area contributed by atoms with Crippen LogP contribution in [0.2, 0.25) is 4.34 Å². The van der Waals surface area contributed by atoms with Crippen molar-refractivity contribution in [2.24, 2.45) is 18.0 Å². The Balaban J connectivity index is 1.63. The van der Waals surface area contributed by atoms with Gasteiger partial charge in [-0.1, -0.05) is 35.1 Å². The molecule has 10 heteroatoms. The number of hydrogen-bond acceptors (Lipinski definition) is 5. The number of aryl methyl sites for hydroxylation is 3. The van der Waals surface area contributed by atoms with Crippen molar-refractivity contribution in [3.05, 3.63) is 44.5 Å². The van der Waals surface area contributed by atoms with Crippen molar-refractivity contribution >= 4 is 60.4 Å². The molecule has 160 valence electrons. The van der Waals surface area contributed by atoms with Crippen LogP contribution in [0.1, 0.15) is 24.0 Å². The first-order valence-corrected chi connectivity index (χ1v) is 13.0. The zero-order valence-corrected chi connectivity index (χ0v) is 20.1. The Morgan fingerprint density at radius 3 is 2.57 bits per heavy atom. The van der Waals surface area contributed by atoms with Gasteiger partial charge in [0.05, 0.1) is 20.5 Å². The molecule has 0 N–H and O–H groups in total. The van der Waals surface area contributed by atoms with E-state index in [1.165, 1.54) is 21.7 Å². The van der Waals surface area contributed by atoms with Crippen LogP contribution in [-0.2, 0) is 21.9 Å². The number of carbonyl (C=O) groups excluding carboxylic acids is 1. The SMILES string of the molecule is Cc1ccc(C)c2c1sc(=NC(=O)C1CCCN(S(=O)(=O)c3ccc(Cl)s3)C1)n2C. The fourth-order valence-electron chi connectivity index (χ4n) is 3.78. The van der Waals surface area contributed by atoms with E-state index in [0.29, 0.717) is 28.5 Å². The molecule has 0 saturated carbocycles. The van der Waals surface area contributed by atoms with E-state index in [0.717, 1.165) is 32.7 Å². The van der Waals surface area contributed by atoms with Gasteiger partial charge in [-0.2, -0.15) is 9.30 Å². The predicted molar refractivity (Wildman–Crippen MR) is 122 cm³/mol. The van der Waals surface area contributed by atoms with E-state index in [1.54, 1.807) is 6.07 Å². The second-order valence-corrected chi connectivity index (χ2v) is 12.4. The van der Waals surface area contributed by atoms with Gasteiger partial charge in [-0.15, -0.1) is 11.3 Å². The van der Waals surface area contributed by atoms with Crippen LogP contribution in [0.3, 0.4) is 0 Å². The number of aromatic nitrogens is 1. The monoisotopic (exact) mass is 483 g/mol. The number of thiazole rings is 1. The first-order chi connectivity index (χ1) is 14.2. The minimum Gasteiger partial charge on any atom is -0.319 e. The van der Waals surface area contributed by atoms with Crippen LogP contribution >= 0.6 is 34.3 Å². The number of carbonyl (C=O) groups is 1. The summed E-state index contributed by atoms with van der Waals surface area (Å²) < 4.78 is 30.9. The molecule has 1 aromatic carbocycles. The molecule has 1 aliphatic heterocycles. The van der Waals surface area contributed by atoms with Crippen LogP contribution in [0, 0.1) is 19.8 Å². The predicted octanol–water partition coefficient (Wildman–Crippen LogP) is 4.10. The Labute approximate surface area is 188 Å². The molecule has 1 fully saturated rings. The number of fused-ring (bicyclic) bond motifs is 1. The number of piperidine rings is 1. The Kier molecular flexibility index (Phi) is 5.93. The van der Waals surface area contributed by atoms with Gasteiger partial charge in [-0.05, 0) is 49.9 Å². The van der Waals surface area contributed by atoms with Crippen LogP contribution in [-0.4, -0.2) is 36.3 Å². The van der Waals surface area contributed by atoms with Crippen LogP contribution in [0.4, 0.5) is 0 Å². The molecule has 30 heavy (non-hydrogen) atoms. The summed E-state index contributed by atoms with van der Waals surface area (Å²) in [5.41, 5.74) is 3.36. The molecule has 0 spiro atoms. The maximum Gasteiger partial charge on any atom is 0.252 e. The van der Waals surface area contributed by atoms with E-state index in [1.807, 2.05) is 25.5 Å². The molecule has 0 bridgehead atoms. The van der Waals surface area contributed by atoms with Crippen molar-refractivity contribution < 1.29 is 13.2 Å². The summed E-state index contributed by atoms with van der Waals surface area (Å²) in [4.78, 5) is 18.0. The lowest BCUT2D eigenvalue weighted by molar-refractivity contribution is -0.122. The number of amides is 1. The van der Waals surface area contributed by atoms with Crippen molar-refractivity contribution in [3.63, 3.8) is 0 Å². The maximum absolute atomic E-state index is 13.0. The van der Waals surface area contributed by atoms with Crippen LogP contribution in [0.25, 0.3) is 10.2 Å². The van der Waals surface area contributed by atoms with Gasteiger partial charge in [0.15, 0.2) is 4.80 Å². The molecule has 6 nitrogen and oxygen atoms in total. The summed E-state index contributed by atoms with van der Waals surface area (Å²) in [6.45, 7) is 4.63. The minimum absolute atomic E-state index is 0.146. The fourth-order valence-corrected chi connectivity index (χ4v) is 8.11. The Bertz CT molecular complexity index is 1300. The average Bonchev–Trinajstić information content (AvgIpc) is 3.30. The molecule has 0 aliphatic carbocycles. The quantitative estimate of drug-likeness (QED) is 0.563. The van der Waals surface area contributed by atoms with Crippen molar-refractivity contribution in [2.75, 3.05) is 13.1 Å². The van der Waals surface area contributed by atoms with Crippen LogP contribution in [0.15, 0.2) is 33.5 Å². The van der Waals surface area contributed by atoms with E-state index < -0.39 is 15.9 Å². The lowest BCUT2D eigenvalue weighted by atomic mass is 9.99. The van der Waals surface area contributed by atoms with Crippen molar-refractivity contribution in [1.29, 1.82) is 0 Å². The number of rotatable bonds is 3. The van der Waals surface area contributed by atoms with E-state index in [2.05, 4.69) is 17.1 Å². The van der Waals surface area contributed by atoms with Gasteiger partial charge in [0.2, 0.25) is 0 Å². The van der Waals surface area contributed by atoms with Crippen molar-refractivity contribution in [1.82, 2.24) is 8.87 Å². The van der Waals surface area contributed by atoms with Gasteiger partial charge in [0, 0.05) is 20.1 Å². The summed E-state index contributed by atoms with van der Waals surface area (Å²) >= 11 is 8.44. The largest absolute Gasteiger partial charge is 0.319 e. The highest BCUT2D eigenvalue weighted by Gasteiger charge is 2.34. The minimum atomic E-state index is -3.65. The summed E-state index contributed by atoms with van der Waals surface area (Å²) in [7, 11) is -1.74. The average molecular weight is 484 g/mol. The van der Waals surface area contributed by atoms with Gasteiger partial charge in [0.25, 0.3) is 15.9 Å². The number of nitrogens with zero attached hydrogens (tertiary/aromatic N) is 3. The molecule has 3 heterocycles. The Hall–Kier alpha value is -1.52. The molecule has 1 unspecified atom stereocenters. The normalized spacial score (nSPS) is 18.9. The topological polar surface area (TPSA) is 71.7 Å². The third-order valence-electron chi connectivity index (χ3n) is 5.43. The number of hydrogen-bond donors (Lipinski definition) is 0. The standard InChI is InChI=1S/C20H22ClN3O3S3/c1-12-6-7-13(2)18-17(12)23(3)20(29-18)22-19(25)14-5-4-10-24(11-14)30(26,27)16-9-8-15(21)28-16/h6-9,14H,4-5,10-11H2,1-3H3. The number of sulfonamides is 1.